The molecule has 0 fully saturated rings. The molecule has 5 nitrogen and oxygen atoms in total. The molecular weight excluding hydrogens is 403 g/mol. The molecule has 1 aliphatic heterocycles. The summed E-state index contributed by atoms with van der Waals surface area (Å²) in [7, 11) is 0. The number of hydrogen-bond acceptors (Lipinski definition) is 5. The number of halogens is 1. The smallest absolute Gasteiger partial charge is 0.297 e. The van der Waals surface area contributed by atoms with Crippen LogP contribution >= 0.6 is 11.3 Å². The molecule has 0 spiro atoms. The van der Waals surface area contributed by atoms with Gasteiger partial charge >= 0.3 is 0 Å². The second-order valence-corrected chi connectivity index (χ2v) is 8.40. The van der Waals surface area contributed by atoms with Crippen molar-refractivity contribution in [3.63, 3.8) is 0 Å². The van der Waals surface area contributed by atoms with Gasteiger partial charge in [0.25, 0.3) is 5.91 Å². The summed E-state index contributed by atoms with van der Waals surface area (Å²) in [6.07, 6.45) is 1.61. The molecule has 0 saturated heterocycles. The maximum absolute atomic E-state index is 13.8. The molecule has 2 aromatic carbocycles. The van der Waals surface area contributed by atoms with E-state index in [4.69, 9.17) is 4.42 Å². The topological polar surface area (TPSA) is 63.4 Å². The molecule has 3 heterocycles. The van der Waals surface area contributed by atoms with Gasteiger partial charge in [-0.3, -0.25) is 14.5 Å². The zero-order valence-corrected chi connectivity index (χ0v) is 17.1. The number of thiazole rings is 1. The van der Waals surface area contributed by atoms with Crippen LogP contribution in [0.2, 0.25) is 0 Å². The number of hydrogen-bond donors (Lipinski definition) is 0. The summed E-state index contributed by atoms with van der Waals surface area (Å²) in [4.78, 5) is 32.4. The third kappa shape index (κ3) is 2.77. The number of carbonyl (C=O) groups excluding carboxylic acids is 1. The molecular formula is C23H17FN2O3S. The second-order valence-electron chi connectivity index (χ2n) is 7.53. The predicted molar refractivity (Wildman–Crippen MR) is 114 cm³/mol. The van der Waals surface area contributed by atoms with Crippen LogP contribution in [0.3, 0.4) is 0 Å². The van der Waals surface area contributed by atoms with E-state index in [2.05, 4.69) is 18.8 Å². The average Bonchev–Trinajstić information content (AvgIpc) is 3.35. The molecule has 0 N–H and O–H groups in total. The summed E-state index contributed by atoms with van der Waals surface area (Å²) in [5.74, 6) is -0.634. The Morgan fingerprint density at radius 2 is 1.90 bits per heavy atom. The highest BCUT2D eigenvalue weighted by Crippen LogP contribution is 2.42. The van der Waals surface area contributed by atoms with Crippen molar-refractivity contribution in [2.24, 2.45) is 0 Å². The van der Waals surface area contributed by atoms with E-state index < -0.39 is 23.2 Å². The van der Waals surface area contributed by atoms with Crippen molar-refractivity contribution in [2.75, 3.05) is 4.90 Å². The molecule has 0 radical (unpaired) electrons. The third-order valence-corrected chi connectivity index (χ3v) is 6.15. The minimum absolute atomic E-state index is 0.0211. The van der Waals surface area contributed by atoms with E-state index in [1.165, 1.54) is 28.4 Å². The number of amides is 1. The van der Waals surface area contributed by atoms with Gasteiger partial charge in [0.05, 0.1) is 17.0 Å². The molecule has 1 atom stereocenters. The van der Waals surface area contributed by atoms with E-state index >= 15 is 0 Å². The van der Waals surface area contributed by atoms with E-state index in [0.717, 1.165) is 17.2 Å². The first-order chi connectivity index (χ1) is 14.5. The van der Waals surface area contributed by atoms with Gasteiger partial charge < -0.3 is 4.42 Å². The summed E-state index contributed by atoms with van der Waals surface area (Å²) >= 11 is 1.30. The summed E-state index contributed by atoms with van der Waals surface area (Å²) in [6.45, 7) is 4.20. The average molecular weight is 420 g/mol. The molecule has 0 bridgehead atoms. The Morgan fingerprint density at radius 3 is 2.57 bits per heavy atom. The summed E-state index contributed by atoms with van der Waals surface area (Å²) in [5.41, 5.74) is 1.91. The maximum atomic E-state index is 13.8. The lowest BCUT2D eigenvalue weighted by molar-refractivity contribution is 0.0971. The molecule has 1 aliphatic rings. The van der Waals surface area contributed by atoms with Crippen LogP contribution in [0.5, 0.6) is 0 Å². The van der Waals surface area contributed by atoms with Gasteiger partial charge in [-0.05, 0) is 35.2 Å². The first-order valence-corrected chi connectivity index (χ1v) is 10.4. The van der Waals surface area contributed by atoms with Gasteiger partial charge in [0.2, 0.25) is 5.76 Å². The SMILES string of the molecule is CC(C)c1ccc(C2c3c(oc4ccc(F)cc4c3=O)C(=O)N2c2nccs2)cc1. The molecule has 0 saturated carbocycles. The fourth-order valence-electron chi connectivity index (χ4n) is 3.86. The van der Waals surface area contributed by atoms with E-state index in [-0.39, 0.29) is 22.3 Å². The Bertz CT molecular complexity index is 1330. The van der Waals surface area contributed by atoms with Crippen LogP contribution in [0.1, 0.15) is 53.1 Å². The van der Waals surface area contributed by atoms with E-state index in [0.29, 0.717) is 11.0 Å². The van der Waals surface area contributed by atoms with Gasteiger partial charge in [-0.25, -0.2) is 9.37 Å². The number of rotatable bonds is 3. The molecule has 150 valence electrons. The van der Waals surface area contributed by atoms with Crippen LogP contribution in [0.4, 0.5) is 9.52 Å². The van der Waals surface area contributed by atoms with Crippen molar-refractivity contribution >= 4 is 33.3 Å². The van der Waals surface area contributed by atoms with Crippen molar-refractivity contribution in [2.45, 2.75) is 25.8 Å². The van der Waals surface area contributed by atoms with Crippen molar-refractivity contribution in [3.8, 4) is 0 Å². The van der Waals surface area contributed by atoms with Crippen molar-refractivity contribution in [1.29, 1.82) is 0 Å². The van der Waals surface area contributed by atoms with E-state index in [9.17, 15) is 14.0 Å². The highest BCUT2D eigenvalue weighted by atomic mass is 32.1. The molecule has 5 rings (SSSR count). The third-order valence-electron chi connectivity index (χ3n) is 5.38. The number of fused-ring (bicyclic) bond motifs is 2. The largest absolute Gasteiger partial charge is 0.450 e. The molecule has 4 aromatic rings. The van der Waals surface area contributed by atoms with Crippen molar-refractivity contribution < 1.29 is 13.6 Å². The minimum atomic E-state index is -0.691. The van der Waals surface area contributed by atoms with Crippen LogP contribution in [0.15, 0.2) is 63.3 Å². The number of aromatic nitrogens is 1. The van der Waals surface area contributed by atoms with Gasteiger partial charge in [0.15, 0.2) is 10.6 Å². The lowest BCUT2D eigenvalue weighted by atomic mass is 9.95. The molecule has 30 heavy (non-hydrogen) atoms. The Kier molecular flexibility index (Phi) is 4.29. The van der Waals surface area contributed by atoms with Gasteiger partial charge in [0, 0.05) is 11.6 Å². The van der Waals surface area contributed by atoms with E-state index in [1.807, 2.05) is 24.3 Å². The van der Waals surface area contributed by atoms with Gasteiger partial charge in [-0.1, -0.05) is 38.1 Å². The van der Waals surface area contributed by atoms with Gasteiger partial charge in [-0.2, -0.15) is 0 Å². The predicted octanol–water partition coefficient (Wildman–Crippen LogP) is 5.26. The summed E-state index contributed by atoms with van der Waals surface area (Å²) in [6, 6.07) is 10.8. The number of anilines is 1. The zero-order valence-electron chi connectivity index (χ0n) is 16.3. The fraction of sp³-hybridized carbons (Fsp3) is 0.174. The van der Waals surface area contributed by atoms with Crippen molar-refractivity contribution in [1.82, 2.24) is 4.98 Å². The normalized spacial score (nSPS) is 15.9. The monoisotopic (exact) mass is 420 g/mol. The van der Waals surface area contributed by atoms with Gasteiger partial charge in [-0.15, -0.1) is 11.3 Å². The van der Waals surface area contributed by atoms with Crippen LogP contribution in [0.25, 0.3) is 11.0 Å². The quantitative estimate of drug-likeness (QED) is 0.453. The van der Waals surface area contributed by atoms with E-state index in [1.54, 1.807) is 11.6 Å². The molecule has 0 aliphatic carbocycles. The van der Waals surface area contributed by atoms with Crippen LogP contribution in [-0.2, 0) is 0 Å². The maximum Gasteiger partial charge on any atom is 0.297 e. The zero-order chi connectivity index (χ0) is 21.0. The molecule has 1 unspecified atom stereocenters. The lowest BCUT2D eigenvalue weighted by Gasteiger charge is -2.23. The molecule has 2 aromatic heterocycles. The summed E-state index contributed by atoms with van der Waals surface area (Å²) in [5, 5.41) is 2.36. The lowest BCUT2D eigenvalue weighted by Crippen LogP contribution is -2.29. The van der Waals surface area contributed by atoms with Crippen molar-refractivity contribution in [3.05, 3.63) is 92.5 Å². The Balaban J connectivity index is 1.78. The Hall–Kier alpha value is -3.32. The minimum Gasteiger partial charge on any atom is -0.450 e. The molecule has 7 heteroatoms. The number of nitrogens with zero attached hydrogens (tertiary/aromatic N) is 2. The van der Waals surface area contributed by atoms with Crippen LogP contribution in [-0.4, -0.2) is 10.9 Å². The highest BCUT2D eigenvalue weighted by molar-refractivity contribution is 7.13. The highest BCUT2D eigenvalue weighted by Gasteiger charge is 2.44. The standard InChI is InChI=1S/C23H17FN2O3S/c1-12(2)13-3-5-14(6-4-13)19-18-20(27)16-11-15(24)7-8-17(16)29-21(18)22(28)26(19)23-25-9-10-30-23/h3-12,19H,1-2H3. The summed E-state index contributed by atoms with van der Waals surface area (Å²) < 4.78 is 19.6. The first kappa shape index (κ1) is 18.7. The Morgan fingerprint density at radius 1 is 1.13 bits per heavy atom. The van der Waals surface area contributed by atoms with Gasteiger partial charge in [0.1, 0.15) is 11.4 Å². The molecule has 1 amide bonds. The first-order valence-electron chi connectivity index (χ1n) is 9.55. The van der Waals surface area contributed by atoms with Crippen LogP contribution < -0.4 is 10.3 Å². The Labute approximate surface area is 175 Å². The second kappa shape index (κ2) is 6.88. The van der Waals surface area contributed by atoms with Crippen LogP contribution in [0, 0.1) is 5.82 Å². The number of carbonyl (C=O) groups is 1. The fourth-order valence-corrected chi connectivity index (χ4v) is 4.52. The number of benzene rings is 2.